The molecule has 1 unspecified atom stereocenters. The number of aromatic nitrogens is 1. The molecule has 1 fully saturated rings. The first-order valence-electron chi connectivity index (χ1n) is 4.90. The normalized spacial score (nSPS) is 24.4. The Morgan fingerprint density at radius 2 is 2.50 bits per heavy atom. The summed E-state index contributed by atoms with van der Waals surface area (Å²) >= 11 is 3.30. The second kappa shape index (κ2) is 4.48. The van der Waals surface area contributed by atoms with Crippen LogP contribution in [-0.4, -0.2) is 29.6 Å². The maximum Gasteiger partial charge on any atom is 0.248 e. The maximum absolute atomic E-state index is 11.9. The molecule has 0 radical (unpaired) electrons. The van der Waals surface area contributed by atoms with Gasteiger partial charge in [-0.2, -0.15) is 0 Å². The monoisotopic (exact) mass is 285 g/mol. The molecular formula is C10H12BrN3O2. The molecule has 16 heavy (non-hydrogen) atoms. The van der Waals surface area contributed by atoms with E-state index in [1.165, 1.54) is 0 Å². The lowest BCUT2D eigenvalue weighted by Gasteiger charge is -2.20. The van der Waals surface area contributed by atoms with Crippen molar-refractivity contribution in [3.63, 3.8) is 0 Å². The quantitative estimate of drug-likeness (QED) is 0.846. The van der Waals surface area contributed by atoms with Gasteiger partial charge in [-0.1, -0.05) is 0 Å². The van der Waals surface area contributed by atoms with E-state index in [1.54, 1.807) is 18.3 Å². The second-order valence-corrected chi connectivity index (χ2v) is 4.60. The van der Waals surface area contributed by atoms with Gasteiger partial charge in [0.2, 0.25) is 5.91 Å². The first-order valence-corrected chi connectivity index (χ1v) is 5.70. The third kappa shape index (κ3) is 2.23. The summed E-state index contributed by atoms with van der Waals surface area (Å²) in [6, 6.07) is 3.58. The molecule has 0 bridgehead atoms. The summed E-state index contributed by atoms with van der Waals surface area (Å²) in [6.45, 7) is 0.774. The van der Waals surface area contributed by atoms with Crippen LogP contribution in [0.3, 0.4) is 0 Å². The number of nitrogens with zero attached hydrogens (tertiary/aromatic N) is 1. The average molecular weight is 286 g/mol. The Morgan fingerprint density at radius 3 is 3.12 bits per heavy atom. The molecule has 86 valence electrons. The molecule has 0 aliphatic carbocycles. The van der Waals surface area contributed by atoms with Gasteiger partial charge in [-0.05, 0) is 34.5 Å². The summed E-state index contributed by atoms with van der Waals surface area (Å²) in [5.41, 5.74) is 4.99. The SMILES string of the molecule is NC1(C(=O)Nc2ncccc2Br)CCOC1. The summed E-state index contributed by atoms with van der Waals surface area (Å²) in [7, 11) is 0. The highest BCUT2D eigenvalue weighted by atomic mass is 79.9. The Labute approximate surface area is 102 Å². The van der Waals surface area contributed by atoms with E-state index >= 15 is 0 Å². The van der Waals surface area contributed by atoms with Crippen LogP contribution < -0.4 is 11.1 Å². The van der Waals surface area contributed by atoms with Gasteiger partial charge in [0, 0.05) is 12.8 Å². The molecule has 1 aliphatic rings. The van der Waals surface area contributed by atoms with Crippen molar-refractivity contribution in [1.82, 2.24) is 4.98 Å². The van der Waals surface area contributed by atoms with E-state index in [2.05, 4.69) is 26.2 Å². The second-order valence-electron chi connectivity index (χ2n) is 3.75. The van der Waals surface area contributed by atoms with Crippen molar-refractivity contribution >= 4 is 27.7 Å². The lowest BCUT2D eigenvalue weighted by Crippen LogP contribution is -2.51. The van der Waals surface area contributed by atoms with E-state index in [0.29, 0.717) is 18.8 Å². The predicted octanol–water partition coefficient (Wildman–Crippen LogP) is 0.900. The van der Waals surface area contributed by atoms with Crippen molar-refractivity contribution in [1.29, 1.82) is 0 Å². The molecule has 2 rings (SSSR count). The van der Waals surface area contributed by atoms with E-state index in [9.17, 15) is 4.79 Å². The van der Waals surface area contributed by atoms with Gasteiger partial charge in [0.15, 0.2) is 0 Å². The van der Waals surface area contributed by atoms with Crippen molar-refractivity contribution < 1.29 is 9.53 Å². The van der Waals surface area contributed by atoms with Crippen LogP contribution >= 0.6 is 15.9 Å². The molecule has 0 spiro atoms. The van der Waals surface area contributed by atoms with Crippen LogP contribution in [0.5, 0.6) is 0 Å². The number of amides is 1. The number of anilines is 1. The Balaban J connectivity index is 2.10. The number of hydrogen-bond donors (Lipinski definition) is 2. The van der Waals surface area contributed by atoms with Gasteiger partial charge in [0.05, 0.1) is 11.1 Å². The first kappa shape index (κ1) is 11.5. The Kier molecular flexibility index (Phi) is 3.22. The number of carbonyl (C=O) groups excluding carboxylic acids is 1. The molecule has 2 heterocycles. The van der Waals surface area contributed by atoms with Crippen LogP contribution in [0.15, 0.2) is 22.8 Å². The predicted molar refractivity (Wildman–Crippen MR) is 62.9 cm³/mol. The number of pyridine rings is 1. The average Bonchev–Trinajstić information content (AvgIpc) is 2.70. The fourth-order valence-electron chi connectivity index (χ4n) is 1.47. The van der Waals surface area contributed by atoms with Gasteiger partial charge in [-0.15, -0.1) is 0 Å². The molecule has 1 atom stereocenters. The van der Waals surface area contributed by atoms with Gasteiger partial charge < -0.3 is 15.8 Å². The molecule has 1 saturated heterocycles. The Hall–Kier alpha value is -0.980. The highest BCUT2D eigenvalue weighted by Crippen LogP contribution is 2.22. The van der Waals surface area contributed by atoms with Crippen LogP contribution in [0.4, 0.5) is 5.82 Å². The largest absolute Gasteiger partial charge is 0.379 e. The smallest absolute Gasteiger partial charge is 0.248 e. The number of carbonyl (C=O) groups is 1. The molecular weight excluding hydrogens is 274 g/mol. The van der Waals surface area contributed by atoms with Crippen molar-refractivity contribution in [2.75, 3.05) is 18.5 Å². The molecule has 3 N–H and O–H groups in total. The van der Waals surface area contributed by atoms with E-state index in [0.717, 1.165) is 4.47 Å². The number of nitrogens with two attached hydrogens (primary N) is 1. The third-order valence-corrected chi connectivity index (χ3v) is 3.13. The van der Waals surface area contributed by atoms with Crippen LogP contribution in [-0.2, 0) is 9.53 Å². The minimum atomic E-state index is -0.934. The Morgan fingerprint density at radius 1 is 1.69 bits per heavy atom. The zero-order valence-corrected chi connectivity index (χ0v) is 10.2. The van der Waals surface area contributed by atoms with Crippen LogP contribution in [0, 0.1) is 0 Å². The highest BCUT2D eigenvalue weighted by Gasteiger charge is 2.38. The molecule has 1 aliphatic heterocycles. The number of ether oxygens (including phenoxy) is 1. The van der Waals surface area contributed by atoms with Crippen LogP contribution in [0.2, 0.25) is 0 Å². The fraction of sp³-hybridized carbons (Fsp3) is 0.400. The third-order valence-electron chi connectivity index (χ3n) is 2.49. The topological polar surface area (TPSA) is 77.2 Å². The van der Waals surface area contributed by atoms with Crippen molar-refractivity contribution in [2.24, 2.45) is 5.73 Å². The molecule has 1 amide bonds. The standard InChI is InChI=1S/C10H12BrN3O2/c11-7-2-1-4-13-8(7)14-9(15)10(12)3-5-16-6-10/h1-2,4H,3,5-6,12H2,(H,13,14,15). The van der Waals surface area contributed by atoms with Crippen molar-refractivity contribution in [3.05, 3.63) is 22.8 Å². The van der Waals surface area contributed by atoms with Gasteiger partial charge in [0.25, 0.3) is 0 Å². The van der Waals surface area contributed by atoms with Gasteiger partial charge in [0.1, 0.15) is 11.4 Å². The first-order chi connectivity index (χ1) is 7.62. The van der Waals surface area contributed by atoms with E-state index < -0.39 is 5.54 Å². The van der Waals surface area contributed by atoms with Gasteiger partial charge in [-0.3, -0.25) is 4.79 Å². The summed E-state index contributed by atoms with van der Waals surface area (Å²) in [5.74, 6) is 0.216. The van der Waals surface area contributed by atoms with E-state index in [1.807, 2.05) is 0 Å². The van der Waals surface area contributed by atoms with E-state index in [-0.39, 0.29) is 12.5 Å². The minimum absolute atomic E-state index is 0.253. The number of halogens is 1. The lowest BCUT2D eigenvalue weighted by molar-refractivity contribution is -0.121. The number of hydrogen-bond acceptors (Lipinski definition) is 4. The summed E-state index contributed by atoms with van der Waals surface area (Å²) in [4.78, 5) is 16.0. The molecule has 5 nitrogen and oxygen atoms in total. The van der Waals surface area contributed by atoms with Crippen molar-refractivity contribution in [3.8, 4) is 0 Å². The zero-order valence-electron chi connectivity index (χ0n) is 8.57. The Bertz CT molecular complexity index is 405. The minimum Gasteiger partial charge on any atom is -0.379 e. The molecule has 1 aromatic rings. The summed E-state index contributed by atoms with van der Waals surface area (Å²) < 4.78 is 5.86. The van der Waals surface area contributed by atoms with Crippen LogP contribution in [0.1, 0.15) is 6.42 Å². The van der Waals surface area contributed by atoms with Crippen LogP contribution in [0.25, 0.3) is 0 Å². The van der Waals surface area contributed by atoms with Gasteiger partial charge >= 0.3 is 0 Å². The molecule has 6 heteroatoms. The van der Waals surface area contributed by atoms with E-state index in [4.69, 9.17) is 10.5 Å². The van der Waals surface area contributed by atoms with Gasteiger partial charge in [-0.25, -0.2) is 4.98 Å². The molecule has 0 saturated carbocycles. The van der Waals surface area contributed by atoms with Crippen molar-refractivity contribution in [2.45, 2.75) is 12.0 Å². The molecule has 1 aromatic heterocycles. The summed E-state index contributed by atoms with van der Waals surface area (Å²) in [6.07, 6.45) is 2.14. The highest BCUT2D eigenvalue weighted by molar-refractivity contribution is 9.10. The lowest BCUT2D eigenvalue weighted by atomic mass is 9.99. The fourth-order valence-corrected chi connectivity index (χ4v) is 1.82. The maximum atomic E-state index is 11.9. The number of nitrogens with one attached hydrogen (secondary N) is 1. The summed E-state index contributed by atoms with van der Waals surface area (Å²) in [5, 5.41) is 2.69. The molecule has 0 aromatic carbocycles. The zero-order chi connectivity index (χ0) is 11.6. The number of rotatable bonds is 2.